The standard InChI is InChI=1S/C21H29NO3/c1-19(2,3)15-9-7-14(8-10-15)17(23)22-11-16-20(4,5)12-21(16,13-22)18(24)25-6/h7-10,16H,11-13H2,1-6H3/t16-,21+/m1/s1. The molecule has 1 aliphatic heterocycles. The molecule has 136 valence electrons. The number of ether oxygens (including phenoxy) is 1. The number of fused-ring (bicyclic) bond motifs is 1. The summed E-state index contributed by atoms with van der Waals surface area (Å²) < 4.78 is 5.06. The topological polar surface area (TPSA) is 46.6 Å². The van der Waals surface area contributed by atoms with Crippen LogP contribution in [0.1, 0.15) is 57.0 Å². The SMILES string of the molecule is COC(=O)[C@@]12CN(C(=O)c3ccc(C(C)(C)C)cc3)C[C@@H]1C(C)(C)C2. The average molecular weight is 343 g/mol. The second-order valence-corrected chi connectivity index (χ2v) is 9.38. The molecule has 1 saturated carbocycles. The predicted octanol–water partition coefficient (Wildman–Crippen LogP) is 3.65. The summed E-state index contributed by atoms with van der Waals surface area (Å²) in [5.41, 5.74) is 1.51. The molecule has 1 saturated heterocycles. The minimum Gasteiger partial charge on any atom is -0.469 e. The van der Waals surface area contributed by atoms with Crippen LogP contribution in [-0.2, 0) is 14.9 Å². The van der Waals surface area contributed by atoms with Crippen LogP contribution in [0.15, 0.2) is 24.3 Å². The number of methoxy groups -OCH3 is 1. The van der Waals surface area contributed by atoms with Crippen LogP contribution in [0.5, 0.6) is 0 Å². The molecule has 0 spiro atoms. The van der Waals surface area contributed by atoms with Gasteiger partial charge in [-0.05, 0) is 40.9 Å². The van der Waals surface area contributed by atoms with Gasteiger partial charge in [-0.3, -0.25) is 9.59 Å². The van der Waals surface area contributed by atoms with Crippen molar-refractivity contribution in [2.24, 2.45) is 16.7 Å². The molecule has 0 unspecified atom stereocenters. The Labute approximate surface area is 150 Å². The van der Waals surface area contributed by atoms with Gasteiger partial charge in [0.15, 0.2) is 0 Å². The molecule has 1 amide bonds. The number of carbonyl (C=O) groups excluding carboxylic acids is 2. The maximum Gasteiger partial charge on any atom is 0.314 e. The van der Waals surface area contributed by atoms with Gasteiger partial charge in [0.2, 0.25) is 0 Å². The van der Waals surface area contributed by atoms with Crippen molar-refractivity contribution in [3.8, 4) is 0 Å². The van der Waals surface area contributed by atoms with Crippen LogP contribution in [0.25, 0.3) is 0 Å². The lowest BCUT2D eigenvalue weighted by Crippen LogP contribution is -2.57. The molecular formula is C21H29NO3. The van der Waals surface area contributed by atoms with Gasteiger partial charge in [-0.25, -0.2) is 0 Å². The zero-order chi connectivity index (χ0) is 18.6. The van der Waals surface area contributed by atoms with Crippen molar-refractivity contribution in [1.29, 1.82) is 0 Å². The maximum atomic E-state index is 13.0. The number of esters is 1. The van der Waals surface area contributed by atoms with Crippen LogP contribution in [0.2, 0.25) is 0 Å². The molecule has 1 aromatic carbocycles. The number of hydrogen-bond acceptors (Lipinski definition) is 3. The van der Waals surface area contributed by atoms with E-state index in [0.29, 0.717) is 18.7 Å². The number of amides is 1. The molecule has 1 aliphatic carbocycles. The molecule has 4 nitrogen and oxygen atoms in total. The summed E-state index contributed by atoms with van der Waals surface area (Å²) in [5, 5.41) is 0. The van der Waals surface area contributed by atoms with Gasteiger partial charge in [-0.2, -0.15) is 0 Å². The van der Waals surface area contributed by atoms with Gasteiger partial charge in [0.05, 0.1) is 12.5 Å². The molecule has 1 aromatic rings. The number of likely N-dealkylation sites (tertiary alicyclic amines) is 1. The van der Waals surface area contributed by atoms with Crippen LogP contribution < -0.4 is 0 Å². The smallest absolute Gasteiger partial charge is 0.314 e. The highest BCUT2D eigenvalue weighted by atomic mass is 16.5. The van der Waals surface area contributed by atoms with E-state index in [1.165, 1.54) is 12.7 Å². The number of hydrogen-bond donors (Lipinski definition) is 0. The Morgan fingerprint density at radius 3 is 2.24 bits per heavy atom. The van der Waals surface area contributed by atoms with Crippen molar-refractivity contribution in [3.05, 3.63) is 35.4 Å². The van der Waals surface area contributed by atoms with E-state index in [1.54, 1.807) is 0 Å². The molecule has 2 aliphatic rings. The molecule has 0 N–H and O–H groups in total. The lowest BCUT2D eigenvalue weighted by Gasteiger charge is -2.54. The first-order valence-corrected chi connectivity index (χ1v) is 8.99. The quantitative estimate of drug-likeness (QED) is 0.770. The van der Waals surface area contributed by atoms with Crippen molar-refractivity contribution in [1.82, 2.24) is 4.90 Å². The van der Waals surface area contributed by atoms with E-state index >= 15 is 0 Å². The zero-order valence-corrected chi connectivity index (χ0v) is 16.2. The summed E-state index contributed by atoms with van der Waals surface area (Å²) in [6, 6.07) is 7.86. The molecule has 0 radical (unpaired) electrons. The Morgan fingerprint density at radius 1 is 1.16 bits per heavy atom. The highest BCUT2D eigenvalue weighted by Gasteiger charge is 2.68. The first-order valence-electron chi connectivity index (χ1n) is 8.99. The van der Waals surface area contributed by atoms with Crippen molar-refractivity contribution >= 4 is 11.9 Å². The van der Waals surface area contributed by atoms with Crippen LogP contribution in [0, 0.1) is 16.7 Å². The van der Waals surface area contributed by atoms with E-state index in [2.05, 4.69) is 34.6 Å². The molecule has 0 aromatic heterocycles. The Bertz CT molecular complexity index is 699. The fourth-order valence-corrected chi connectivity index (χ4v) is 4.82. The summed E-state index contributed by atoms with van der Waals surface area (Å²) in [5.74, 6) is 0.00870. The van der Waals surface area contributed by atoms with E-state index in [0.717, 1.165) is 6.42 Å². The van der Waals surface area contributed by atoms with Crippen molar-refractivity contribution in [2.45, 2.75) is 46.5 Å². The fourth-order valence-electron chi connectivity index (χ4n) is 4.82. The average Bonchev–Trinajstić information content (AvgIpc) is 2.88. The predicted molar refractivity (Wildman–Crippen MR) is 97.4 cm³/mol. The van der Waals surface area contributed by atoms with Gasteiger partial charge >= 0.3 is 5.97 Å². The molecule has 0 bridgehead atoms. The van der Waals surface area contributed by atoms with Crippen LogP contribution in [0.4, 0.5) is 0 Å². The highest BCUT2D eigenvalue weighted by Crippen LogP contribution is 2.63. The third kappa shape index (κ3) is 2.76. The summed E-state index contributed by atoms with van der Waals surface area (Å²) in [6.45, 7) is 11.9. The highest BCUT2D eigenvalue weighted by molar-refractivity contribution is 5.95. The monoisotopic (exact) mass is 343 g/mol. The van der Waals surface area contributed by atoms with Crippen LogP contribution in [-0.4, -0.2) is 37.0 Å². The molecule has 2 atom stereocenters. The summed E-state index contributed by atoms with van der Waals surface area (Å²) >= 11 is 0. The molecule has 1 heterocycles. The fraction of sp³-hybridized carbons (Fsp3) is 0.619. The number of nitrogens with zero attached hydrogens (tertiary/aromatic N) is 1. The molecule has 2 fully saturated rings. The third-order valence-electron chi connectivity index (χ3n) is 6.13. The van der Waals surface area contributed by atoms with E-state index in [-0.39, 0.29) is 28.6 Å². The van der Waals surface area contributed by atoms with E-state index < -0.39 is 5.41 Å². The third-order valence-corrected chi connectivity index (χ3v) is 6.13. The van der Waals surface area contributed by atoms with E-state index in [1.807, 2.05) is 29.2 Å². The molecule has 25 heavy (non-hydrogen) atoms. The maximum absolute atomic E-state index is 13.0. The second-order valence-electron chi connectivity index (χ2n) is 9.38. The molecule has 3 rings (SSSR count). The number of benzene rings is 1. The normalized spacial score (nSPS) is 27.4. The van der Waals surface area contributed by atoms with Crippen LogP contribution >= 0.6 is 0 Å². The summed E-state index contributed by atoms with van der Waals surface area (Å²) in [4.78, 5) is 27.2. The Kier molecular flexibility index (Phi) is 4.01. The zero-order valence-electron chi connectivity index (χ0n) is 16.2. The Hall–Kier alpha value is -1.84. The van der Waals surface area contributed by atoms with E-state index in [4.69, 9.17) is 4.74 Å². The van der Waals surface area contributed by atoms with Crippen LogP contribution in [0.3, 0.4) is 0 Å². The Morgan fingerprint density at radius 2 is 1.76 bits per heavy atom. The molecular weight excluding hydrogens is 314 g/mol. The Balaban J connectivity index is 1.81. The van der Waals surface area contributed by atoms with Gasteiger partial charge in [-0.1, -0.05) is 46.8 Å². The van der Waals surface area contributed by atoms with Gasteiger partial charge in [-0.15, -0.1) is 0 Å². The van der Waals surface area contributed by atoms with Gasteiger partial charge < -0.3 is 9.64 Å². The first kappa shape index (κ1) is 18.0. The first-order chi connectivity index (χ1) is 11.5. The van der Waals surface area contributed by atoms with Gasteiger partial charge in [0.25, 0.3) is 5.91 Å². The second kappa shape index (κ2) is 5.58. The van der Waals surface area contributed by atoms with Gasteiger partial charge in [0, 0.05) is 18.7 Å². The number of carbonyl (C=O) groups is 2. The van der Waals surface area contributed by atoms with Crippen molar-refractivity contribution in [3.63, 3.8) is 0 Å². The van der Waals surface area contributed by atoms with Crippen molar-refractivity contribution in [2.75, 3.05) is 20.2 Å². The largest absolute Gasteiger partial charge is 0.469 e. The van der Waals surface area contributed by atoms with Crippen molar-refractivity contribution < 1.29 is 14.3 Å². The molecule has 4 heteroatoms. The number of rotatable bonds is 2. The summed E-state index contributed by atoms with van der Waals surface area (Å²) in [7, 11) is 1.44. The minimum atomic E-state index is -0.515. The lowest BCUT2D eigenvalue weighted by molar-refractivity contribution is -0.174. The lowest BCUT2D eigenvalue weighted by atomic mass is 9.48. The van der Waals surface area contributed by atoms with Gasteiger partial charge in [0.1, 0.15) is 0 Å². The van der Waals surface area contributed by atoms with E-state index in [9.17, 15) is 9.59 Å². The summed E-state index contributed by atoms with van der Waals surface area (Å²) in [6.07, 6.45) is 0.782. The minimum absolute atomic E-state index is 0.00828.